The van der Waals surface area contributed by atoms with Crippen molar-refractivity contribution in [3.63, 3.8) is 0 Å². The maximum absolute atomic E-state index is 11.2. The molecule has 0 amide bonds. The Hall–Kier alpha value is -2.19. The van der Waals surface area contributed by atoms with Gasteiger partial charge in [-0.25, -0.2) is 5.53 Å². The first-order chi connectivity index (χ1) is 8.38. The number of nitrogen functional groups attached to an aromatic ring is 1. The highest BCUT2D eigenvalue weighted by Crippen LogP contribution is 2.44. The van der Waals surface area contributed by atoms with E-state index in [1.807, 2.05) is 0 Å². The summed E-state index contributed by atoms with van der Waals surface area (Å²) in [5.74, 6) is -0.804. The van der Waals surface area contributed by atoms with Crippen LogP contribution in [0.3, 0.4) is 0 Å². The highest BCUT2D eigenvalue weighted by Gasteiger charge is 2.26. The molecule has 0 bridgehead atoms. The van der Waals surface area contributed by atoms with Gasteiger partial charge in [-0.3, -0.25) is 4.55 Å². The summed E-state index contributed by atoms with van der Waals surface area (Å²) in [5.41, 5.74) is 12.1. The van der Waals surface area contributed by atoms with Crippen molar-refractivity contribution in [1.29, 1.82) is 5.53 Å². The fraction of sp³-hybridized carbons (Fsp3) is 0. The number of hydrogen-bond acceptors (Lipinski definition) is 6. The summed E-state index contributed by atoms with van der Waals surface area (Å²) in [7, 11) is -4.73. The molecule has 2 aromatic carbocycles. The Morgan fingerprint density at radius 3 is 2.28 bits per heavy atom. The standard InChI is InChI=1S/C10H9N3O4S/c11-7-5-3-1-2-4-6(5)8(13-12)10(9(7)14)18(15,16)17/h1-4,12,14H,11H2,(H,15,16,17). The number of phenols is 1. The van der Waals surface area contributed by atoms with Gasteiger partial charge >= 0.3 is 10.1 Å². The minimum atomic E-state index is -4.73. The van der Waals surface area contributed by atoms with Gasteiger partial charge in [0.05, 0.1) is 5.69 Å². The van der Waals surface area contributed by atoms with Crippen LogP contribution < -0.4 is 5.73 Å². The van der Waals surface area contributed by atoms with E-state index < -0.39 is 20.8 Å². The number of benzene rings is 2. The predicted octanol–water partition coefficient (Wildman–Crippen LogP) is 2.04. The first kappa shape index (κ1) is 12.3. The number of phenolic OH excluding ortho intramolecular Hbond substituents is 1. The monoisotopic (exact) mass is 267 g/mol. The Bertz CT molecular complexity index is 755. The Kier molecular flexibility index (Phi) is 2.68. The lowest BCUT2D eigenvalue weighted by Crippen LogP contribution is -2.02. The first-order valence-corrected chi connectivity index (χ1v) is 6.20. The minimum absolute atomic E-state index is 0.189. The van der Waals surface area contributed by atoms with E-state index in [0.29, 0.717) is 5.39 Å². The molecule has 0 aliphatic carbocycles. The lowest BCUT2D eigenvalue weighted by atomic mass is 10.1. The van der Waals surface area contributed by atoms with Crippen molar-refractivity contribution >= 4 is 32.3 Å². The van der Waals surface area contributed by atoms with Gasteiger partial charge in [0.1, 0.15) is 5.69 Å². The number of hydrogen-bond donors (Lipinski definition) is 4. The topological polar surface area (TPSA) is 137 Å². The van der Waals surface area contributed by atoms with Gasteiger partial charge in [-0.05, 0) is 0 Å². The van der Waals surface area contributed by atoms with Crippen molar-refractivity contribution in [2.45, 2.75) is 4.90 Å². The molecule has 18 heavy (non-hydrogen) atoms. The van der Waals surface area contributed by atoms with E-state index in [9.17, 15) is 13.5 Å². The number of aromatic hydroxyl groups is 1. The van der Waals surface area contributed by atoms with E-state index in [2.05, 4.69) is 5.11 Å². The third kappa shape index (κ3) is 1.67. The Morgan fingerprint density at radius 1 is 1.22 bits per heavy atom. The first-order valence-electron chi connectivity index (χ1n) is 4.76. The molecule has 94 valence electrons. The van der Waals surface area contributed by atoms with Crippen LogP contribution in [0.5, 0.6) is 5.75 Å². The molecule has 0 aliphatic rings. The summed E-state index contributed by atoms with van der Waals surface area (Å²) in [6.45, 7) is 0. The van der Waals surface area contributed by atoms with E-state index in [1.54, 1.807) is 18.2 Å². The summed E-state index contributed by atoms with van der Waals surface area (Å²) in [6, 6.07) is 6.28. The largest absolute Gasteiger partial charge is 0.504 e. The summed E-state index contributed by atoms with van der Waals surface area (Å²) >= 11 is 0. The number of nitrogens with one attached hydrogen (secondary N) is 1. The third-order valence-electron chi connectivity index (χ3n) is 2.53. The SMILES string of the molecule is N=Nc1c(S(=O)(=O)O)c(O)c(N)c2ccccc12. The predicted molar refractivity (Wildman–Crippen MR) is 64.6 cm³/mol. The van der Waals surface area contributed by atoms with Gasteiger partial charge in [-0.1, -0.05) is 24.3 Å². The molecular weight excluding hydrogens is 258 g/mol. The molecule has 0 aliphatic heterocycles. The average molecular weight is 267 g/mol. The van der Waals surface area contributed by atoms with Crippen LogP contribution in [0.25, 0.3) is 10.8 Å². The summed E-state index contributed by atoms with van der Waals surface area (Å²) in [5, 5.41) is 13.4. The molecule has 0 fully saturated rings. The van der Waals surface area contributed by atoms with Crippen molar-refractivity contribution in [3.8, 4) is 5.75 Å². The van der Waals surface area contributed by atoms with Crippen LogP contribution >= 0.6 is 0 Å². The molecule has 0 atom stereocenters. The van der Waals surface area contributed by atoms with Gasteiger partial charge in [0, 0.05) is 10.8 Å². The van der Waals surface area contributed by atoms with Gasteiger partial charge in [0.15, 0.2) is 10.6 Å². The quantitative estimate of drug-likeness (QED) is 0.285. The van der Waals surface area contributed by atoms with Crippen LogP contribution in [0, 0.1) is 5.53 Å². The minimum Gasteiger partial charge on any atom is -0.504 e. The van der Waals surface area contributed by atoms with E-state index in [1.165, 1.54) is 6.07 Å². The maximum Gasteiger partial charge on any atom is 0.300 e. The molecule has 8 heteroatoms. The van der Waals surface area contributed by atoms with Gasteiger partial charge in [-0.2, -0.15) is 13.5 Å². The molecule has 0 saturated heterocycles. The average Bonchev–Trinajstić information content (AvgIpc) is 2.32. The molecule has 5 N–H and O–H groups in total. The second-order valence-corrected chi connectivity index (χ2v) is 4.93. The highest BCUT2D eigenvalue weighted by atomic mass is 32.2. The molecule has 0 unspecified atom stereocenters. The molecule has 0 aromatic heterocycles. The number of anilines is 1. The molecule has 0 radical (unpaired) electrons. The van der Waals surface area contributed by atoms with Crippen LogP contribution in [-0.4, -0.2) is 18.1 Å². The Balaban J connectivity index is 3.14. The van der Waals surface area contributed by atoms with Crippen molar-refractivity contribution in [2.24, 2.45) is 5.11 Å². The van der Waals surface area contributed by atoms with Gasteiger partial charge in [0.25, 0.3) is 0 Å². The van der Waals surface area contributed by atoms with Gasteiger partial charge in [0.2, 0.25) is 0 Å². The number of nitrogens with two attached hydrogens (primary N) is 1. The van der Waals surface area contributed by atoms with Crippen molar-refractivity contribution in [2.75, 3.05) is 5.73 Å². The highest BCUT2D eigenvalue weighted by molar-refractivity contribution is 7.86. The molecular formula is C10H9N3O4S. The second-order valence-electron chi connectivity index (χ2n) is 3.57. The number of rotatable bonds is 2. The molecule has 2 rings (SSSR count). The van der Waals surface area contributed by atoms with Crippen molar-refractivity contribution in [3.05, 3.63) is 24.3 Å². The molecule has 0 spiro atoms. The third-order valence-corrected chi connectivity index (χ3v) is 3.43. The zero-order valence-electron chi connectivity index (χ0n) is 8.95. The van der Waals surface area contributed by atoms with Crippen LogP contribution in [0.4, 0.5) is 11.4 Å². The maximum atomic E-state index is 11.2. The van der Waals surface area contributed by atoms with Crippen molar-refractivity contribution < 1.29 is 18.1 Å². The molecule has 7 nitrogen and oxygen atoms in total. The Labute approximate surface area is 102 Å². The smallest absolute Gasteiger partial charge is 0.300 e. The van der Waals surface area contributed by atoms with Gasteiger partial charge in [-0.15, -0.1) is 0 Å². The molecule has 0 heterocycles. The van der Waals surface area contributed by atoms with E-state index in [4.69, 9.17) is 15.8 Å². The lowest BCUT2D eigenvalue weighted by Gasteiger charge is -2.11. The summed E-state index contributed by atoms with van der Waals surface area (Å²) in [4.78, 5) is -0.853. The van der Waals surface area contributed by atoms with Crippen LogP contribution in [0.15, 0.2) is 34.3 Å². The summed E-state index contributed by atoms with van der Waals surface area (Å²) < 4.78 is 31.5. The van der Waals surface area contributed by atoms with Crippen LogP contribution in [0.2, 0.25) is 0 Å². The fourth-order valence-electron chi connectivity index (χ4n) is 1.76. The van der Waals surface area contributed by atoms with E-state index in [-0.39, 0.29) is 16.8 Å². The van der Waals surface area contributed by atoms with E-state index >= 15 is 0 Å². The Morgan fingerprint density at radius 2 is 1.78 bits per heavy atom. The second kappa shape index (κ2) is 3.93. The van der Waals surface area contributed by atoms with Crippen LogP contribution in [-0.2, 0) is 10.1 Å². The summed E-state index contributed by atoms with van der Waals surface area (Å²) in [6.07, 6.45) is 0. The lowest BCUT2D eigenvalue weighted by molar-refractivity contribution is 0.446. The van der Waals surface area contributed by atoms with Crippen molar-refractivity contribution in [1.82, 2.24) is 0 Å². The van der Waals surface area contributed by atoms with Gasteiger partial charge < -0.3 is 10.8 Å². The molecule has 2 aromatic rings. The fourth-order valence-corrected chi connectivity index (χ4v) is 2.52. The zero-order valence-corrected chi connectivity index (χ0v) is 9.77. The molecule has 0 saturated carbocycles. The zero-order chi connectivity index (χ0) is 13.5. The number of nitrogens with zero attached hydrogens (tertiary/aromatic N) is 1. The number of fused-ring (bicyclic) bond motifs is 1. The normalized spacial score (nSPS) is 11.6. The van der Waals surface area contributed by atoms with Crippen LogP contribution in [0.1, 0.15) is 0 Å². The van der Waals surface area contributed by atoms with E-state index in [0.717, 1.165) is 0 Å².